The Labute approximate surface area is 87.7 Å². The molecule has 0 atom stereocenters. The number of hydrogen-bond donors (Lipinski definition) is 0. The Hall–Kier alpha value is -1.97. The van der Waals surface area contributed by atoms with Crippen molar-refractivity contribution in [3.63, 3.8) is 0 Å². The van der Waals surface area contributed by atoms with Gasteiger partial charge in [0.2, 0.25) is 11.8 Å². The molecule has 0 amide bonds. The van der Waals surface area contributed by atoms with Crippen molar-refractivity contribution in [2.24, 2.45) is 0 Å². The molecule has 0 aliphatic heterocycles. The van der Waals surface area contributed by atoms with Crippen LogP contribution >= 0.6 is 0 Å². The highest BCUT2D eigenvalue weighted by molar-refractivity contribution is 5.65. The number of hydrogen-bond acceptors (Lipinski definition) is 4. The van der Waals surface area contributed by atoms with Gasteiger partial charge in [-0.1, -0.05) is 13.0 Å². The van der Waals surface area contributed by atoms with Crippen molar-refractivity contribution in [1.29, 1.82) is 0 Å². The summed E-state index contributed by atoms with van der Waals surface area (Å²) in [5.41, 5.74) is 1.01. The Kier molecular flexibility index (Phi) is 2.88. The molecule has 0 spiro atoms. The topological polar surface area (TPSA) is 51.8 Å². The van der Waals surface area contributed by atoms with Crippen molar-refractivity contribution >= 4 is 12.2 Å². The summed E-state index contributed by atoms with van der Waals surface area (Å²) in [6, 6.07) is 3.84. The lowest BCUT2D eigenvalue weighted by Gasteiger charge is -1.88. The van der Waals surface area contributed by atoms with Gasteiger partial charge in [-0.25, -0.2) is 0 Å². The van der Waals surface area contributed by atoms with Crippen LogP contribution in [-0.2, 0) is 6.42 Å². The first-order chi connectivity index (χ1) is 7.38. The third-order valence-electron chi connectivity index (χ3n) is 1.89. The van der Waals surface area contributed by atoms with Crippen LogP contribution in [-0.4, -0.2) is 15.2 Å². The predicted molar refractivity (Wildman–Crippen MR) is 56.8 cm³/mol. The molecule has 0 unspecified atom stereocenters. The van der Waals surface area contributed by atoms with Crippen LogP contribution in [0.4, 0.5) is 0 Å². The van der Waals surface area contributed by atoms with Crippen LogP contribution < -0.4 is 0 Å². The quantitative estimate of drug-likeness (QED) is 0.763. The second-order valence-electron chi connectivity index (χ2n) is 3.01. The maximum Gasteiger partial charge on any atom is 0.240 e. The van der Waals surface area contributed by atoms with Crippen molar-refractivity contribution in [3.8, 4) is 0 Å². The van der Waals surface area contributed by atoms with Crippen LogP contribution in [0, 0.1) is 0 Å². The Morgan fingerprint density at radius 1 is 1.33 bits per heavy atom. The molecule has 2 rings (SSSR count). The predicted octanol–water partition coefficient (Wildman–Crippen LogP) is 2.20. The summed E-state index contributed by atoms with van der Waals surface area (Å²) in [5.74, 6) is 1.18. The first-order valence-corrected chi connectivity index (χ1v) is 4.79. The smallest absolute Gasteiger partial charge is 0.240 e. The molecule has 0 aromatic carbocycles. The van der Waals surface area contributed by atoms with Crippen molar-refractivity contribution < 1.29 is 4.42 Å². The lowest BCUT2D eigenvalue weighted by atomic mass is 10.2. The zero-order valence-corrected chi connectivity index (χ0v) is 8.42. The van der Waals surface area contributed by atoms with E-state index in [2.05, 4.69) is 15.2 Å². The van der Waals surface area contributed by atoms with E-state index in [1.807, 2.05) is 25.1 Å². The van der Waals surface area contributed by atoms with Crippen LogP contribution in [0.1, 0.15) is 24.3 Å². The number of nitrogens with zero attached hydrogens (tertiary/aromatic N) is 3. The van der Waals surface area contributed by atoms with Gasteiger partial charge >= 0.3 is 0 Å². The summed E-state index contributed by atoms with van der Waals surface area (Å²) >= 11 is 0. The fourth-order valence-electron chi connectivity index (χ4n) is 1.12. The lowest BCUT2D eigenvalue weighted by molar-refractivity contribution is 0.492. The van der Waals surface area contributed by atoms with E-state index in [-0.39, 0.29) is 0 Å². The highest BCUT2D eigenvalue weighted by Gasteiger charge is 1.98. The molecule has 0 N–H and O–H groups in total. The minimum atomic E-state index is 0.524. The molecule has 2 heterocycles. The van der Waals surface area contributed by atoms with Crippen LogP contribution in [0.3, 0.4) is 0 Å². The molecule has 2 aromatic rings. The molecule has 4 nitrogen and oxygen atoms in total. The summed E-state index contributed by atoms with van der Waals surface area (Å²) in [7, 11) is 0. The van der Waals surface area contributed by atoms with Gasteiger partial charge in [0.1, 0.15) is 0 Å². The Bertz CT molecular complexity index is 448. The standard InChI is InChI=1S/C11H11N3O/c1-2-10-13-14-11(15-10)6-5-9-4-3-7-12-8-9/h3-8H,2H2,1H3. The van der Waals surface area contributed by atoms with Gasteiger partial charge in [-0.2, -0.15) is 0 Å². The van der Waals surface area contributed by atoms with Gasteiger partial charge in [-0.3, -0.25) is 4.98 Å². The van der Waals surface area contributed by atoms with Gasteiger partial charge in [0.25, 0.3) is 0 Å². The summed E-state index contributed by atoms with van der Waals surface area (Å²) in [6.07, 6.45) is 7.93. The zero-order chi connectivity index (χ0) is 10.5. The Morgan fingerprint density at radius 3 is 2.93 bits per heavy atom. The number of aryl methyl sites for hydroxylation is 1. The summed E-state index contributed by atoms with van der Waals surface area (Å²) in [4.78, 5) is 4.00. The summed E-state index contributed by atoms with van der Waals surface area (Å²) in [5, 5.41) is 7.74. The van der Waals surface area contributed by atoms with Gasteiger partial charge < -0.3 is 4.42 Å². The fourth-order valence-corrected chi connectivity index (χ4v) is 1.12. The number of aromatic nitrogens is 3. The highest BCUT2D eigenvalue weighted by atomic mass is 16.4. The largest absolute Gasteiger partial charge is 0.421 e. The Balaban J connectivity index is 2.11. The van der Waals surface area contributed by atoms with Crippen LogP contribution in [0.2, 0.25) is 0 Å². The van der Waals surface area contributed by atoms with Gasteiger partial charge in [0, 0.05) is 24.9 Å². The average molecular weight is 201 g/mol. The van der Waals surface area contributed by atoms with Gasteiger partial charge in [0.15, 0.2) is 0 Å². The molecule has 0 aliphatic carbocycles. The van der Waals surface area contributed by atoms with E-state index < -0.39 is 0 Å². The van der Waals surface area contributed by atoms with E-state index in [0.717, 1.165) is 12.0 Å². The summed E-state index contributed by atoms with van der Waals surface area (Å²) < 4.78 is 5.33. The molecule has 0 radical (unpaired) electrons. The van der Waals surface area contributed by atoms with E-state index in [4.69, 9.17) is 4.42 Å². The van der Waals surface area contributed by atoms with E-state index in [1.54, 1.807) is 18.5 Å². The van der Waals surface area contributed by atoms with Crippen LogP contribution in [0.5, 0.6) is 0 Å². The van der Waals surface area contributed by atoms with Crippen LogP contribution in [0.15, 0.2) is 28.9 Å². The highest BCUT2D eigenvalue weighted by Crippen LogP contribution is 2.06. The monoisotopic (exact) mass is 201 g/mol. The first kappa shape index (κ1) is 9.58. The second kappa shape index (κ2) is 4.50. The van der Waals surface area contributed by atoms with Crippen molar-refractivity contribution in [3.05, 3.63) is 41.9 Å². The number of pyridine rings is 1. The van der Waals surface area contributed by atoms with Gasteiger partial charge in [0.05, 0.1) is 0 Å². The van der Waals surface area contributed by atoms with Crippen molar-refractivity contribution in [1.82, 2.24) is 15.2 Å². The first-order valence-electron chi connectivity index (χ1n) is 4.79. The number of rotatable bonds is 3. The van der Waals surface area contributed by atoms with Crippen molar-refractivity contribution in [2.45, 2.75) is 13.3 Å². The minimum Gasteiger partial charge on any atom is -0.421 e. The van der Waals surface area contributed by atoms with E-state index in [0.29, 0.717) is 11.8 Å². The normalized spacial score (nSPS) is 11.0. The molecule has 0 fully saturated rings. The maximum absolute atomic E-state index is 5.33. The fraction of sp³-hybridized carbons (Fsp3) is 0.182. The Morgan fingerprint density at radius 2 is 2.27 bits per heavy atom. The molecule has 0 saturated heterocycles. The minimum absolute atomic E-state index is 0.524. The molecule has 76 valence electrons. The molecule has 15 heavy (non-hydrogen) atoms. The van der Waals surface area contributed by atoms with E-state index in [9.17, 15) is 0 Å². The SMILES string of the molecule is CCc1nnc(C=Cc2cccnc2)o1. The van der Waals surface area contributed by atoms with Gasteiger partial charge in [-0.15, -0.1) is 10.2 Å². The zero-order valence-electron chi connectivity index (χ0n) is 8.42. The van der Waals surface area contributed by atoms with E-state index >= 15 is 0 Å². The third kappa shape index (κ3) is 2.49. The van der Waals surface area contributed by atoms with Crippen molar-refractivity contribution in [2.75, 3.05) is 0 Å². The summed E-state index contributed by atoms with van der Waals surface area (Å²) in [6.45, 7) is 1.97. The molecule has 0 saturated carbocycles. The molecule has 2 aromatic heterocycles. The molecular formula is C11H11N3O. The molecular weight excluding hydrogens is 190 g/mol. The third-order valence-corrected chi connectivity index (χ3v) is 1.89. The maximum atomic E-state index is 5.33. The average Bonchev–Trinajstić information content (AvgIpc) is 2.76. The molecule has 0 aliphatic rings. The van der Waals surface area contributed by atoms with Gasteiger partial charge in [-0.05, 0) is 17.7 Å². The van der Waals surface area contributed by atoms with E-state index in [1.165, 1.54) is 0 Å². The lowest BCUT2D eigenvalue weighted by Crippen LogP contribution is -1.76. The van der Waals surface area contributed by atoms with Crippen LogP contribution in [0.25, 0.3) is 12.2 Å². The molecule has 4 heteroatoms. The molecule has 0 bridgehead atoms. The second-order valence-corrected chi connectivity index (χ2v) is 3.01.